The molecule has 0 aliphatic rings. The average Bonchev–Trinajstić information content (AvgIpc) is 2.99. The van der Waals surface area contributed by atoms with Crippen molar-refractivity contribution in [2.75, 3.05) is 6.61 Å². The van der Waals surface area contributed by atoms with Crippen molar-refractivity contribution in [1.82, 2.24) is 4.57 Å². The van der Waals surface area contributed by atoms with E-state index < -0.39 is 5.60 Å². The summed E-state index contributed by atoms with van der Waals surface area (Å²) in [4.78, 5) is 12.7. The first kappa shape index (κ1) is 18.2. The fourth-order valence-corrected chi connectivity index (χ4v) is 3.04. The molecule has 2 aromatic carbocycles. The fourth-order valence-electron chi connectivity index (χ4n) is 3.04. The molecule has 0 saturated carbocycles. The minimum atomic E-state index is -0.554. The molecular formula is C22H25NO3. The molecule has 0 radical (unpaired) electrons. The van der Waals surface area contributed by atoms with Crippen molar-refractivity contribution in [3.63, 3.8) is 0 Å². The molecule has 3 rings (SSSR count). The summed E-state index contributed by atoms with van der Waals surface area (Å²) in [5, 5.41) is 0.987. The molecular weight excluding hydrogens is 326 g/mol. The molecule has 1 heterocycles. The van der Waals surface area contributed by atoms with E-state index in [4.69, 9.17) is 9.47 Å². The van der Waals surface area contributed by atoms with Crippen LogP contribution < -0.4 is 0 Å². The van der Waals surface area contributed by atoms with Gasteiger partial charge in [-0.25, -0.2) is 4.79 Å². The molecule has 4 heteroatoms. The predicted molar refractivity (Wildman–Crippen MR) is 103 cm³/mol. The number of fused-ring (bicyclic) bond motifs is 1. The van der Waals surface area contributed by atoms with Crippen molar-refractivity contribution in [2.24, 2.45) is 0 Å². The Morgan fingerprint density at radius 2 is 1.69 bits per heavy atom. The van der Waals surface area contributed by atoms with Gasteiger partial charge in [0.05, 0.1) is 5.52 Å². The summed E-state index contributed by atoms with van der Waals surface area (Å²) >= 11 is 0. The van der Waals surface area contributed by atoms with Gasteiger partial charge in [-0.05, 0) is 39.3 Å². The molecule has 1 atom stereocenters. The van der Waals surface area contributed by atoms with E-state index in [1.54, 1.807) is 4.57 Å². The Morgan fingerprint density at radius 3 is 2.35 bits per heavy atom. The number of para-hydroxylation sites is 1. The maximum absolute atomic E-state index is 12.7. The molecule has 1 unspecified atom stereocenters. The monoisotopic (exact) mass is 351 g/mol. The van der Waals surface area contributed by atoms with E-state index in [0.717, 1.165) is 22.0 Å². The van der Waals surface area contributed by atoms with E-state index in [9.17, 15) is 4.79 Å². The van der Waals surface area contributed by atoms with Gasteiger partial charge in [0.1, 0.15) is 11.7 Å². The zero-order valence-electron chi connectivity index (χ0n) is 15.7. The molecule has 0 bridgehead atoms. The Labute approximate surface area is 154 Å². The summed E-state index contributed by atoms with van der Waals surface area (Å²) in [5.41, 5.74) is 2.28. The van der Waals surface area contributed by atoms with Crippen molar-refractivity contribution in [1.29, 1.82) is 0 Å². The van der Waals surface area contributed by atoms with Crippen LogP contribution in [0.5, 0.6) is 0 Å². The van der Waals surface area contributed by atoms with Crippen LogP contribution in [0.3, 0.4) is 0 Å². The normalized spacial score (nSPS) is 12.9. The molecule has 0 N–H and O–H groups in total. The molecule has 4 nitrogen and oxygen atoms in total. The lowest BCUT2D eigenvalue weighted by Crippen LogP contribution is -2.26. The van der Waals surface area contributed by atoms with Crippen LogP contribution >= 0.6 is 0 Å². The lowest BCUT2D eigenvalue weighted by atomic mass is 10.0. The van der Waals surface area contributed by atoms with Crippen molar-refractivity contribution in [3.05, 3.63) is 71.9 Å². The molecule has 0 amide bonds. The summed E-state index contributed by atoms with van der Waals surface area (Å²) in [6.45, 7) is 8.15. The lowest BCUT2D eigenvalue weighted by Gasteiger charge is -2.20. The summed E-state index contributed by atoms with van der Waals surface area (Å²) in [5.74, 6) is 0. The van der Waals surface area contributed by atoms with Crippen LogP contribution in [0, 0.1) is 0 Å². The minimum absolute atomic E-state index is 0.241. The maximum Gasteiger partial charge on any atom is 0.419 e. The number of hydrogen-bond acceptors (Lipinski definition) is 3. The third-order valence-electron chi connectivity index (χ3n) is 4.05. The van der Waals surface area contributed by atoms with E-state index in [1.807, 2.05) is 88.5 Å². The number of hydrogen-bond donors (Lipinski definition) is 0. The standard InChI is InChI=1S/C22H25NO3/c1-5-25-20(16-11-7-6-8-12-16)18-15-23(21(24)26-22(2,3)4)19-14-10-9-13-17(18)19/h6-15,20H,5H2,1-4H3. The van der Waals surface area contributed by atoms with E-state index >= 15 is 0 Å². The van der Waals surface area contributed by atoms with Gasteiger partial charge in [-0.15, -0.1) is 0 Å². The highest BCUT2D eigenvalue weighted by Crippen LogP contribution is 2.33. The highest BCUT2D eigenvalue weighted by atomic mass is 16.6. The maximum atomic E-state index is 12.7. The van der Waals surface area contributed by atoms with Gasteiger partial charge in [0.2, 0.25) is 0 Å². The average molecular weight is 351 g/mol. The zero-order chi connectivity index (χ0) is 18.7. The summed E-state index contributed by atoms with van der Waals surface area (Å²) < 4.78 is 13.2. The Bertz CT molecular complexity index is 891. The van der Waals surface area contributed by atoms with Gasteiger partial charge >= 0.3 is 6.09 Å². The quantitative estimate of drug-likeness (QED) is 0.619. The number of carbonyl (C=O) groups excluding carboxylic acids is 1. The van der Waals surface area contributed by atoms with Crippen LogP contribution in [-0.2, 0) is 9.47 Å². The van der Waals surface area contributed by atoms with Crippen LogP contribution in [0.2, 0.25) is 0 Å². The number of rotatable bonds is 4. The Hall–Kier alpha value is -2.59. The molecule has 0 aliphatic heterocycles. The highest BCUT2D eigenvalue weighted by molar-refractivity contribution is 5.92. The number of benzene rings is 2. The molecule has 0 aliphatic carbocycles. The SMILES string of the molecule is CCOC(c1ccccc1)c1cn(C(=O)OC(C)(C)C)c2ccccc12. The number of nitrogens with zero attached hydrogens (tertiary/aromatic N) is 1. The van der Waals surface area contributed by atoms with Crippen LogP contribution in [0.4, 0.5) is 4.79 Å². The molecule has 0 saturated heterocycles. The van der Waals surface area contributed by atoms with E-state index in [2.05, 4.69) is 0 Å². The van der Waals surface area contributed by atoms with Crippen LogP contribution in [0.15, 0.2) is 60.8 Å². The third kappa shape index (κ3) is 3.81. The fraction of sp³-hybridized carbons (Fsp3) is 0.318. The van der Waals surface area contributed by atoms with Gasteiger partial charge in [0.15, 0.2) is 0 Å². The third-order valence-corrected chi connectivity index (χ3v) is 4.05. The summed E-state index contributed by atoms with van der Waals surface area (Å²) in [6, 6.07) is 17.9. The van der Waals surface area contributed by atoms with Gasteiger partial charge in [-0.3, -0.25) is 4.57 Å². The summed E-state index contributed by atoms with van der Waals surface area (Å²) in [7, 11) is 0. The van der Waals surface area contributed by atoms with Gasteiger partial charge < -0.3 is 9.47 Å². The molecule has 3 aromatic rings. The zero-order valence-corrected chi connectivity index (χ0v) is 15.7. The van der Waals surface area contributed by atoms with Crippen molar-refractivity contribution in [2.45, 2.75) is 39.4 Å². The highest BCUT2D eigenvalue weighted by Gasteiger charge is 2.24. The second kappa shape index (κ2) is 7.34. The first-order valence-electron chi connectivity index (χ1n) is 8.90. The lowest BCUT2D eigenvalue weighted by molar-refractivity contribution is 0.0542. The van der Waals surface area contributed by atoms with Gasteiger partial charge in [-0.2, -0.15) is 0 Å². The largest absolute Gasteiger partial charge is 0.443 e. The minimum Gasteiger partial charge on any atom is -0.443 e. The van der Waals surface area contributed by atoms with Gasteiger partial charge in [-0.1, -0.05) is 48.5 Å². The van der Waals surface area contributed by atoms with Gasteiger partial charge in [0.25, 0.3) is 0 Å². The van der Waals surface area contributed by atoms with Crippen LogP contribution in [0.1, 0.15) is 44.9 Å². The molecule has 0 fully saturated rings. The first-order valence-corrected chi connectivity index (χ1v) is 8.90. The second-order valence-electron chi connectivity index (χ2n) is 7.20. The Balaban J connectivity index is 2.12. The van der Waals surface area contributed by atoms with Crippen LogP contribution in [0.25, 0.3) is 10.9 Å². The number of carbonyl (C=O) groups is 1. The van der Waals surface area contributed by atoms with Crippen LogP contribution in [-0.4, -0.2) is 22.9 Å². The van der Waals surface area contributed by atoms with Crippen molar-refractivity contribution in [3.8, 4) is 0 Å². The smallest absolute Gasteiger partial charge is 0.419 e. The van der Waals surface area contributed by atoms with Crippen molar-refractivity contribution < 1.29 is 14.3 Å². The van der Waals surface area contributed by atoms with Crippen molar-refractivity contribution >= 4 is 17.0 Å². The molecule has 136 valence electrons. The second-order valence-corrected chi connectivity index (χ2v) is 7.20. The number of ether oxygens (including phenoxy) is 2. The van der Waals surface area contributed by atoms with E-state index in [1.165, 1.54) is 0 Å². The molecule has 1 aromatic heterocycles. The Morgan fingerprint density at radius 1 is 1.04 bits per heavy atom. The number of aromatic nitrogens is 1. The van der Waals surface area contributed by atoms with Gasteiger partial charge in [0, 0.05) is 23.8 Å². The predicted octanol–water partition coefficient (Wildman–Crippen LogP) is 5.55. The first-order chi connectivity index (χ1) is 12.4. The van der Waals surface area contributed by atoms with E-state index in [0.29, 0.717) is 6.61 Å². The molecule has 26 heavy (non-hydrogen) atoms. The summed E-state index contributed by atoms with van der Waals surface area (Å²) in [6.07, 6.45) is 1.21. The Kier molecular flexibility index (Phi) is 5.14. The van der Waals surface area contributed by atoms with E-state index in [-0.39, 0.29) is 12.2 Å². The topological polar surface area (TPSA) is 40.5 Å². The molecule has 0 spiro atoms.